The molecule has 7 heteroatoms. The van der Waals surface area contributed by atoms with Crippen LogP contribution in [0.2, 0.25) is 5.02 Å². The van der Waals surface area contributed by atoms with Gasteiger partial charge in [0.15, 0.2) is 0 Å². The van der Waals surface area contributed by atoms with E-state index in [2.05, 4.69) is 15.0 Å². The molecule has 0 saturated carbocycles. The fourth-order valence-electron chi connectivity index (χ4n) is 2.15. The summed E-state index contributed by atoms with van der Waals surface area (Å²) < 4.78 is 37.4. The lowest BCUT2D eigenvalue weighted by molar-refractivity contribution is -0.128. The van der Waals surface area contributed by atoms with Gasteiger partial charge in [0.05, 0.1) is 16.1 Å². The summed E-state index contributed by atoms with van der Waals surface area (Å²) in [6.45, 7) is 0. The van der Waals surface area contributed by atoms with Crippen molar-refractivity contribution in [3.63, 3.8) is 0 Å². The fraction of sp³-hybridized carbons (Fsp3) is 0.143. The molecule has 1 aromatic carbocycles. The number of imidazole rings is 1. The maximum atomic E-state index is 12.5. The van der Waals surface area contributed by atoms with E-state index in [-0.39, 0.29) is 5.82 Å². The number of hydrogen-bond acceptors (Lipinski definition) is 2. The number of aromatic amines is 1. The first-order chi connectivity index (χ1) is 9.94. The Morgan fingerprint density at radius 2 is 1.95 bits per heavy atom. The number of nitrogens with zero attached hydrogens (tertiary/aromatic N) is 2. The van der Waals surface area contributed by atoms with Crippen LogP contribution in [-0.4, -0.2) is 21.1 Å². The molecule has 0 aliphatic carbocycles. The van der Waals surface area contributed by atoms with Crippen LogP contribution < -0.4 is 0 Å². The molecule has 1 N–H and O–H groups in total. The largest absolute Gasteiger partial charge is 0.396 e. The molecule has 0 bridgehead atoms. The van der Waals surface area contributed by atoms with Crippen molar-refractivity contribution in [3.05, 3.63) is 47.5 Å². The number of rotatable bonds is 2. The van der Waals surface area contributed by atoms with Gasteiger partial charge in [0.2, 0.25) is 0 Å². The molecule has 21 heavy (non-hydrogen) atoms. The normalized spacial score (nSPS) is 12.0. The molecule has 2 aromatic heterocycles. The highest BCUT2D eigenvalue weighted by Gasteiger charge is 2.29. The van der Waals surface area contributed by atoms with Gasteiger partial charge in [-0.1, -0.05) is 23.7 Å². The summed E-state index contributed by atoms with van der Waals surface area (Å²) in [5.41, 5.74) is 2.27. The predicted molar refractivity (Wildman–Crippen MR) is 74.1 cm³/mol. The summed E-state index contributed by atoms with van der Waals surface area (Å²) in [6.07, 6.45) is -2.29. The lowest BCUT2D eigenvalue weighted by Gasteiger charge is -2.04. The Balaban J connectivity index is 2.14. The molecule has 0 fully saturated rings. The summed E-state index contributed by atoms with van der Waals surface area (Å²) in [5.74, 6) is -0.120. The first kappa shape index (κ1) is 13.9. The quantitative estimate of drug-likeness (QED) is 0.763. The van der Waals surface area contributed by atoms with Gasteiger partial charge in [-0.2, -0.15) is 13.2 Å². The van der Waals surface area contributed by atoms with Gasteiger partial charge in [0, 0.05) is 23.5 Å². The SMILES string of the molecule is FC(F)(F)Cc1nc2c(-c3cnccc3Cl)cccc2[nH]1. The van der Waals surface area contributed by atoms with E-state index < -0.39 is 12.6 Å². The third-order valence-corrected chi connectivity index (χ3v) is 3.32. The lowest BCUT2D eigenvalue weighted by atomic mass is 10.1. The summed E-state index contributed by atoms with van der Waals surface area (Å²) in [4.78, 5) is 10.7. The molecular weight excluding hydrogens is 303 g/mol. The number of hydrogen-bond donors (Lipinski definition) is 1. The summed E-state index contributed by atoms with van der Waals surface area (Å²) in [6, 6.07) is 6.79. The summed E-state index contributed by atoms with van der Waals surface area (Å²) in [5, 5.41) is 0.470. The zero-order chi connectivity index (χ0) is 15.0. The minimum atomic E-state index is -4.31. The monoisotopic (exact) mass is 311 g/mol. The highest BCUT2D eigenvalue weighted by Crippen LogP contribution is 2.32. The number of aromatic nitrogens is 3. The third kappa shape index (κ3) is 2.85. The first-order valence-corrected chi connectivity index (χ1v) is 6.46. The molecule has 0 aliphatic heterocycles. The number of halogens is 4. The molecule has 0 atom stereocenters. The number of benzene rings is 1. The number of pyridine rings is 1. The van der Waals surface area contributed by atoms with Crippen molar-refractivity contribution < 1.29 is 13.2 Å². The third-order valence-electron chi connectivity index (χ3n) is 2.99. The molecule has 3 rings (SSSR count). The topological polar surface area (TPSA) is 41.6 Å². The highest BCUT2D eigenvalue weighted by atomic mass is 35.5. The van der Waals surface area contributed by atoms with Gasteiger partial charge in [-0.15, -0.1) is 0 Å². The van der Waals surface area contributed by atoms with Gasteiger partial charge in [0.25, 0.3) is 0 Å². The Labute approximate surface area is 122 Å². The lowest BCUT2D eigenvalue weighted by Crippen LogP contribution is -2.12. The molecule has 0 spiro atoms. The average Bonchev–Trinajstić information content (AvgIpc) is 2.79. The Bertz CT molecular complexity index is 796. The predicted octanol–water partition coefficient (Wildman–Crippen LogP) is 4.38. The Morgan fingerprint density at radius 3 is 2.67 bits per heavy atom. The van der Waals surface area contributed by atoms with Crippen LogP contribution in [0.15, 0.2) is 36.7 Å². The zero-order valence-electron chi connectivity index (χ0n) is 10.6. The molecule has 0 amide bonds. The minimum Gasteiger partial charge on any atom is -0.342 e. The van der Waals surface area contributed by atoms with Crippen molar-refractivity contribution in [1.82, 2.24) is 15.0 Å². The number of H-pyrrole nitrogens is 1. The van der Waals surface area contributed by atoms with Crippen LogP contribution in [-0.2, 0) is 6.42 Å². The summed E-state index contributed by atoms with van der Waals surface area (Å²) in [7, 11) is 0. The summed E-state index contributed by atoms with van der Waals surface area (Å²) >= 11 is 6.11. The number of para-hydroxylation sites is 1. The van der Waals surface area contributed by atoms with Crippen LogP contribution in [0.5, 0.6) is 0 Å². The second-order valence-corrected chi connectivity index (χ2v) is 4.94. The van der Waals surface area contributed by atoms with Crippen LogP contribution in [0.25, 0.3) is 22.2 Å². The standard InChI is InChI=1S/C14H9ClF3N3/c15-10-4-5-19-7-9(10)8-2-1-3-11-13(8)21-12(20-11)6-14(16,17)18/h1-5,7H,6H2,(H,20,21). The van der Waals surface area contributed by atoms with Crippen molar-refractivity contribution in [2.45, 2.75) is 12.6 Å². The number of fused-ring (bicyclic) bond motifs is 1. The number of alkyl halides is 3. The molecule has 0 saturated heterocycles. The van der Waals surface area contributed by atoms with Gasteiger partial charge in [-0.05, 0) is 12.1 Å². The van der Waals surface area contributed by atoms with Crippen LogP contribution >= 0.6 is 11.6 Å². The van der Waals surface area contributed by atoms with E-state index in [9.17, 15) is 13.2 Å². The first-order valence-electron chi connectivity index (χ1n) is 6.08. The van der Waals surface area contributed by atoms with Crippen molar-refractivity contribution in [2.24, 2.45) is 0 Å². The van der Waals surface area contributed by atoms with E-state index in [1.807, 2.05) is 0 Å². The van der Waals surface area contributed by atoms with E-state index in [0.29, 0.717) is 27.2 Å². The van der Waals surface area contributed by atoms with Crippen LogP contribution in [0.1, 0.15) is 5.82 Å². The molecule has 3 aromatic rings. The molecule has 0 unspecified atom stereocenters. The van der Waals surface area contributed by atoms with Crippen LogP contribution in [0, 0.1) is 0 Å². The van der Waals surface area contributed by atoms with Crippen molar-refractivity contribution in [2.75, 3.05) is 0 Å². The van der Waals surface area contributed by atoms with Crippen LogP contribution in [0.4, 0.5) is 13.2 Å². The minimum absolute atomic E-state index is 0.120. The fourth-order valence-corrected chi connectivity index (χ4v) is 2.36. The second-order valence-electron chi connectivity index (χ2n) is 4.53. The van der Waals surface area contributed by atoms with E-state index >= 15 is 0 Å². The van der Waals surface area contributed by atoms with Crippen LogP contribution in [0.3, 0.4) is 0 Å². The molecular formula is C14H9ClF3N3. The maximum Gasteiger partial charge on any atom is 0.396 e. The van der Waals surface area contributed by atoms with Crippen molar-refractivity contribution >= 4 is 22.6 Å². The molecule has 2 heterocycles. The maximum absolute atomic E-state index is 12.5. The van der Waals surface area contributed by atoms with E-state index in [0.717, 1.165) is 0 Å². The molecule has 3 nitrogen and oxygen atoms in total. The van der Waals surface area contributed by atoms with Gasteiger partial charge in [-0.3, -0.25) is 4.98 Å². The highest BCUT2D eigenvalue weighted by molar-refractivity contribution is 6.33. The van der Waals surface area contributed by atoms with Crippen molar-refractivity contribution in [3.8, 4) is 11.1 Å². The van der Waals surface area contributed by atoms with Gasteiger partial charge < -0.3 is 4.98 Å². The van der Waals surface area contributed by atoms with Gasteiger partial charge in [0.1, 0.15) is 12.2 Å². The van der Waals surface area contributed by atoms with Gasteiger partial charge >= 0.3 is 6.18 Å². The number of nitrogens with one attached hydrogen (secondary N) is 1. The average molecular weight is 312 g/mol. The molecule has 0 aliphatic rings. The second kappa shape index (κ2) is 5.04. The van der Waals surface area contributed by atoms with E-state index in [1.165, 1.54) is 0 Å². The van der Waals surface area contributed by atoms with Crippen molar-refractivity contribution in [1.29, 1.82) is 0 Å². The Morgan fingerprint density at radius 1 is 1.14 bits per heavy atom. The molecule has 0 radical (unpaired) electrons. The van der Waals surface area contributed by atoms with E-state index in [4.69, 9.17) is 11.6 Å². The Hall–Kier alpha value is -2.08. The smallest absolute Gasteiger partial charge is 0.342 e. The van der Waals surface area contributed by atoms with E-state index in [1.54, 1.807) is 36.7 Å². The zero-order valence-corrected chi connectivity index (χ0v) is 11.3. The van der Waals surface area contributed by atoms with Gasteiger partial charge in [-0.25, -0.2) is 4.98 Å². The molecule has 108 valence electrons. The Kier molecular flexibility index (Phi) is 3.33.